The molecule has 0 bridgehead atoms. The Kier molecular flexibility index (Phi) is 5.21. The number of nitrogens with zero attached hydrogens (tertiary/aromatic N) is 1. The van der Waals surface area contributed by atoms with Gasteiger partial charge in [-0.15, -0.1) is 12.4 Å². The third-order valence-corrected chi connectivity index (χ3v) is 6.59. The van der Waals surface area contributed by atoms with Crippen molar-refractivity contribution >= 4 is 22.4 Å². The molecule has 10 heteroatoms. The van der Waals surface area contributed by atoms with Crippen LogP contribution in [0.4, 0.5) is 17.6 Å². The number of benzene rings is 1. The molecule has 1 heterocycles. The molecule has 1 aromatic rings. The van der Waals surface area contributed by atoms with Gasteiger partial charge in [-0.25, -0.2) is 12.8 Å². The number of alkyl halides is 3. The van der Waals surface area contributed by atoms with E-state index < -0.39 is 32.5 Å². The minimum atomic E-state index is -4.94. The van der Waals surface area contributed by atoms with E-state index in [9.17, 15) is 26.0 Å². The standard InChI is InChI=1S/C14H16F4N2O2S.ClH/c15-12-3-2-9(5-11(12)14(16,17)18)23(21,22)20-6-8-1-4-13(19)10(8)7-20;/h2-3,5,8,10,13H,1,4,6-7,19H2;1H. The van der Waals surface area contributed by atoms with Crippen LogP contribution in [0, 0.1) is 17.7 Å². The number of hydrogen-bond acceptors (Lipinski definition) is 3. The molecule has 2 aliphatic rings. The van der Waals surface area contributed by atoms with Crippen LogP contribution >= 0.6 is 12.4 Å². The van der Waals surface area contributed by atoms with Crippen molar-refractivity contribution in [3.05, 3.63) is 29.6 Å². The van der Waals surface area contributed by atoms with Crippen molar-refractivity contribution in [2.75, 3.05) is 13.1 Å². The zero-order chi connectivity index (χ0) is 17.0. The molecule has 0 aromatic heterocycles. The lowest BCUT2D eigenvalue weighted by molar-refractivity contribution is -0.140. The fourth-order valence-corrected chi connectivity index (χ4v) is 5.06. The summed E-state index contributed by atoms with van der Waals surface area (Å²) < 4.78 is 77.9. The van der Waals surface area contributed by atoms with E-state index in [2.05, 4.69) is 0 Å². The van der Waals surface area contributed by atoms with Crippen LogP contribution in [-0.4, -0.2) is 31.9 Å². The molecular weight excluding hydrogens is 372 g/mol. The largest absolute Gasteiger partial charge is 0.419 e. The van der Waals surface area contributed by atoms with Crippen LogP contribution in [0.1, 0.15) is 18.4 Å². The summed E-state index contributed by atoms with van der Waals surface area (Å²) in [6.07, 6.45) is -3.30. The van der Waals surface area contributed by atoms with E-state index in [1.165, 1.54) is 0 Å². The minimum absolute atomic E-state index is 0. The van der Waals surface area contributed by atoms with Gasteiger partial charge in [-0.1, -0.05) is 0 Å². The lowest BCUT2D eigenvalue weighted by Crippen LogP contribution is -2.33. The van der Waals surface area contributed by atoms with Crippen molar-refractivity contribution in [3.8, 4) is 0 Å². The quantitative estimate of drug-likeness (QED) is 0.792. The Labute approximate surface area is 143 Å². The number of sulfonamides is 1. The maximum Gasteiger partial charge on any atom is 0.419 e. The molecule has 24 heavy (non-hydrogen) atoms. The van der Waals surface area contributed by atoms with Crippen molar-refractivity contribution in [1.82, 2.24) is 4.31 Å². The smallest absolute Gasteiger partial charge is 0.327 e. The monoisotopic (exact) mass is 388 g/mol. The highest BCUT2D eigenvalue weighted by Crippen LogP contribution is 2.40. The second kappa shape index (κ2) is 6.44. The molecule has 1 aromatic carbocycles. The highest BCUT2D eigenvalue weighted by atomic mass is 35.5. The molecule has 1 aliphatic heterocycles. The van der Waals surface area contributed by atoms with Crippen LogP contribution in [0.15, 0.2) is 23.1 Å². The van der Waals surface area contributed by atoms with E-state index in [1.807, 2.05) is 0 Å². The molecule has 0 radical (unpaired) electrons. The van der Waals surface area contributed by atoms with Gasteiger partial charge in [0.1, 0.15) is 5.82 Å². The molecule has 4 nitrogen and oxygen atoms in total. The molecule has 3 rings (SSSR count). The van der Waals surface area contributed by atoms with E-state index in [0.29, 0.717) is 12.1 Å². The van der Waals surface area contributed by atoms with Crippen molar-refractivity contribution in [2.24, 2.45) is 17.6 Å². The normalized spacial score (nSPS) is 27.8. The van der Waals surface area contributed by atoms with Gasteiger partial charge in [-0.3, -0.25) is 0 Å². The zero-order valence-electron chi connectivity index (χ0n) is 12.5. The number of halogens is 5. The summed E-state index contributed by atoms with van der Waals surface area (Å²) >= 11 is 0. The van der Waals surface area contributed by atoms with Gasteiger partial charge >= 0.3 is 6.18 Å². The molecule has 3 unspecified atom stereocenters. The molecule has 1 saturated heterocycles. The van der Waals surface area contributed by atoms with E-state index in [0.717, 1.165) is 23.2 Å². The third-order valence-electron chi connectivity index (χ3n) is 4.76. The summed E-state index contributed by atoms with van der Waals surface area (Å²) in [5, 5.41) is 0. The predicted octanol–water partition coefficient (Wildman–Crippen LogP) is 2.62. The van der Waals surface area contributed by atoms with Crippen molar-refractivity contribution < 1.29 is 26.0 Å². The molecule has 1 saturated carbocycles. The molecule has 3 atom stereocenters. The zero-order valence-corrected chi connectivity index (χ0v) is 14.1. The fraction of sp³-hybridized carbons (Fsp3) is 0.571. The fourth-order valence-electron chi connectivity index (χ4n) is 3.49. The molecule has 2 N–H and O–H groups in total. The Hall–Kier alpha value is -0.900. The van der Waals surface area contributed by atoms with Gasteiger partial charge in [-0.05, 0) is 42.9 Å². The van der Waals surface area contributed by atoms with Gasteiger partial charge in [0.25, 0.3) is 0 Å². The Bertz CT molecular complexity index is 726. The number of hydrogen-bond donors (Lipinski definition) is 1. The number of rotatable bonds is 2. The van der Waals surface area contributed by atoms with Crippen LogP contribution in [0.3, 0.4) is 0 Å². The van der Waals surface area contributed by atoms with Gasteiger partial charge in [0, 0.05) is 19.1 Å². The first-order chi connectivity index (χ1) is 10.6. The Morgan fingerprint density at radius 3 is 2.42 bits per heavy atom. The maximum absolute atomic E-state index is 13.3. The van der Waals surface area contributed by atoms with Crippen molar-refractivity contribution in [1.29, 1.82) is 0 Å². The van der Waals surface area contributed by atoms with Crippen LogP contribution in [0.25, 0.3) is 0 Å². The van der Waals surface area contributed by atoms with Gasteiger partial charge in [0.15, 0.2) is 0 Å². The summed E-state index contributed by atoms with van der Waals surface area (Å²) in [6, 6.07) is 1.68. The lowest BCUT2D eigenvalue weighted by Gasteiger charge is -2.19. The average Bonchev–Trinajstić information content (AvgIpc) is 3.01. The maximum atomic E-state index is 13.3. The van der Waals surface area contributed by atoms with E-state index in [1.54, 1.807) is 0 Å². The lowest BCUT2D eigenvalue weighted by atomic mass is 9.98. The summed E-state index contributed by atoms with van der Waals surface area (Å²) in [4.78, 5) is -0.542. The second-order valence-electron chi connectivity index (χ2n) is 6.13. The van der Waals surface area contributed by atoms with Crippen LogP contribution < -0.4 is 5.73 Å². The van der Waals surface area contributed by atoms with E-state index in [-0.39, 0.29) is 43.4 Å². The van der Waals surface area contributed by atoms with Gasteiger partial charge in [0.05, 0.1) is 10.5 Å². The third kappa shape index (κ3) is 3.26. The van der Waals surface area contributed by atoms with Crippen LogP contribution in [0.5, 0.6) is 0 Å². The number of fused-ring (bicyclic) bond motifs is 1. The highest BCUT2D eigenvalue weighted by molar-refractivity contribution is 7.89. The Morgan fingerprint density at radius 1 is 1.17 bits per heavy atom. The van der Waals surface area contributed by atoms with Gasteiger partial charge < -0.3 is 5.73 Å². The first-order valence-corrected chi connectivity index (χ1v) is 8.67. The van der Waals surface area contributed by atoms with Crippen molar-refractivity contribution in [3.63, 3.8) is 0 Å². The first-order valence-electron chi connectivity index (χ1n) is 7.23. The van der Waals surface area contributed by atoms with Crippen molar-refractivity contribution in [2.45, 2.75) is 30.0 Å². The predicted molar refractivity (Wildman–Crippen MR) is 81.6 cm³/mol. The highest BCUT2D eigenvalue weighted by Gasteiger charge is 2.45. The molecule has 136 valence electrons. The summed E-state index contributed by atoms with van der Waals surface area (Å²) in [5.41, 5.74) is 4.37. The Morgan fingerprint density at radius 2 is 1.83 bits per heavy atom. The SMILES string of the molecule is Cl.NC1CCC2CN(S(=O)(=O)c3ccc(F)c(C(F)(F)F)c3)CC12. The minimum Gasteiger partial charge on any atom is -0.327 e. The Balaban J connectivity index is 0.00000208. The van der Waals surface area contributed by atoms with Crippen LogP contribution in [0.2, 0.25) is 0 Å². The summed E-state index contributed by atoms with van der Waals surface area (Å²) in [7, 11) is -4.09. The summed E-state index contributed by atoms with van der Waals surface area (Å²) in [5.74, 6) is -1.31. The van der Waals surface area contributed by atoms with Crippen LogP contribution in [-0.2, 0) is 16.2 Å². The number of nitrogens with two attached hydrogens (primary N) is 1. The summed E-state index contributed by atoms with van der Waals surface area (Å²) in [6.45, 7) is 0.451. The van der Waals surface area contributed by atoms with Gasteiger partial charge in [0.2, 0.25) is 10.0 Å². The molecule has 2 fully saturated rings. The first kappa shape index (κ1) is 19.4. The molecular formula is C14H17ClF4N2O2S. The van der Waals surface area contributed by atoms with E-state index >= 15 is 0 Å². The molecule has 0 spiro atoms. The topological polar surface area (TPSA) is 63.4 Å². The molecule has 0 amide bonds. The van der Waals surface area contributed by atoms with E-state index in [4.69, 9.17) is 5.73 Å². The van der Waals surface area contributed by atoms with Gasteiger partial charge in [-0.2, -0.15) is 17.5 Å². The second-order valence-corrected chi connectivity index (χ2v) is 8.06. The molecule has 1 aliphatic carbocycles. The average molecular weight is 389 g/mol.